The third-order valence-corrected chi connectivity index (χ3v) is 5.03. The number of nitrogens with one attached hydrogen (secondary N) is 1. The number of halogens is 1. The summed E-state index contributed by atoms with van der Waals surface area (Å²) in [5, 5.41) is 11.2. The molecule has 0 atom stereocenters. The molecule has 0 saturated carbocycles. The van der Waals surface area contributed by atoms with Gasteiger partial charge in [-0.05, 0) is 5.92 Å². The summed E-state index contributed by atoms with van der Waals surface area (Å²) in [6, 6.07) is 0. The smallest absolute Gasteiger partial charge is 0.194 e. The summed E-state index contributed by atoms with van der Waals surface area (Å²) in [5.41, 5.74) is 3.60. The molecule has 0 aromatic carbocycles. The summed E-state index contributed by atoms with van der Waals surface area (Å²) in [5.74, 6) is 1.26. The molecule has 152 valence electrons. The first-order valence-corrected chi connectivity index (χ1v) is 9.88. The summed E-state index contributed by atoms with van der Waals surface area (Å²) in [4.78, 5) is 11.3. The number of aliphatic imine (C=N–C) groups is 1. The van der Waals surface area contributed by atoms with E-state index in [2.05, 4.69) is 73.6 Å². The molecule has 0 saturated heterocycles. The van der Waals surface area contributed by atoms with Crippen LogP contribution in [0, 0.1) is 0 Å². The third kappa shape index (κ3) is 6.44. The van der Waals surface area contributed by atoms with Crippen LogP contribution in [0.4, 0.5) is 0 Å². The van der Waals surface area contributed by atoms with E-state index in [1.165, 1.54) is 5.56 Å². The molecule has 0 aliphatic heterocycles. The number of aromatic nitrogens is 3. The first kappa shape index (κ1) is 23.9. The maximum absolute atomic E-state index is 4.74. The Bertz CT molecular complexity index is 757. The van der Waals surface area contributed by atoms with Crippen LogP contribution in [0.25, 0.3) is 0 Å². The number of thiazole rings is 1. The molecule has 2 aromatic rings. The van der Waals surface area contributed by atoms with Crippen molar-refractivity contribution in [2.75, 3.05) is 14.1 Å². The van der Waals surface area contributed by atoms with Crippen LogP contribution in [0.1, 0.15) is 62.5 Å². The van der Waals surface area contributed by atoms with Crippen LogP contribution in [-0.2, 0) is 25.6 Å². The Balaban J connectivity index is 0.00000364. The van der Waals surface area contributed by atoms with Gasteiger partial charge in [0.25, 0.3) is 0 Å². The second-order valence-corrected chi connectivity index (χ2v) is 8.94. The molecule has 27 heavy (non-hydrogen) atoms. The molecular weight excluding hydrogens is 471 g/mol. The van der Waals surface area contributed by atoms with Gasteiger partial charge in [-0.2, -0.15) is 5.10 Å². The summed E-state index contributed by atoms with van der Waals surface area (Å²) in [7, 11) is 5.83. The summed E-state index contributed by atoms with van der Waals surface area (Å²) in [6.07, 6.45) is 2.09. The largest absolute Gasteiger partial charge is 0.350 e. The highest BCUT2D eigenvalue weighted by Gasteiger charge is 2.18. The highest BCUT2D eigenvalue weighted by molar-refractivity contribution is 14.0. The van der Waals surface area contributed by atoms with Gasteiger partial charge in [0.15, 0.2) is 5.96 Å². The predicted molar refractivity (Wildman–Crippen MR) is 125 cm³/mol. The molecular formula is C19H33IN6S. The first-order chi connectivity index (χ1) is 12.1. The maximum atomic E-state index is 4.74. The van der Waals surface area contributed by atoms with E-state index in [0.717, 1.165) is 28.9 Å². The number of rotatable bonds is 5. The Morgan fingerprint density at radius 1 is 1.37 bits per heavy atom. The van der Waals surface area contributed by atoms with Crippen molar-refractivity contribution >= 4 is 41.3 Å². The van der Waals surface area contributed by atoms with Gasteiger partial charge in [-0.25, -0.2) is 4.98 Å². The van der Waals surface area contributed by atoms with Crippen LogP contribution in [0.5, 0.6) is 0 Å². The topological polar surface area (TPSA) is 58.3 Å². The van der Waals surface area contributed by atoms with Gasteiger partial charge in [0.2, 0.25) is 0 Å². The lowest BCUT2D eigenvalue weighted by Crippen LogP contribution is -2.38. The minimum absolute atomic E-state index is 0. The van der Waals surface area contributed by atoms with E-state index >= 15 is 0 Å². The summed E-state index contributed by atoms with van der Waals surface area (Å²) < 4.78 is 1.89. The van der Waals surface area contributed by atoms with E-state index in [4.69, 9.17) is 4.98 Å². The molecule has 0 unspecified atom stereocenters. The van der Waals surface area contributed by atoms with E-state index in [1.807, 2.05) is 18.8 Å². The van der Waals surface area contributed by atoms with E-state index in [0.29, 0.717) is 12.5 Å². The second kappa shape index (κ2) is 9.86. The SMILES string of the molecule is CN=C(NCc1nc(C(C)(C)C)cs1)N(C)Cc1cn(C)nc1C(C)C.I. The zero-order valence-corrected chi connectivity index (χ0v) is 20.8. The Morgan fingerprint density at radius 3 is 2.56 bits per heavy atom. The van der Waals surface area contributed by atoms with Crippen molar-refractivity contribution in [2.45, 2.75) is 59.0 Å². The molecule has 0 bridgehead atoms. The molecule has 2 aromatic heterocycles. The molecule has 6 nitrogen and oxygen atoms in total. The fourth-order valence-corrected chi connectivity index (χ4v) is 3.73. The third-order valence-electron chi connectivity index (χ3n) is 4.18. The molecule has 0 amide bonds. The van der Waals surface area contributed by atoms with Gasteiger partial charge in [0.05, 0.1) is 17.9 Å². The summed E-state index contributed by atoms with van der Waals surface area (Å²) >= 11 is 1.69. The summed E-state index contributed by atoms with van der Waals surface area (Å²) in [6.45, 7) is 12.4. The molecule has 0 fully saturated rings. The Kier molecular flexibility index (Phi) is 8.72. The van der Waals surface area contributed by atoms with Crippen molar-refractivity contribution in [2.24, 2.45) is 12.0 Å². The van der Waals surface area contributed by atoms with Gasteiger partial charge in [-0.15, -0.1) is 35.3 Å². The molecule has 1 N–H and O–H groups in total. The second-order valence-electron chi connectivity index (χ2n) is 8.00. The van der Waals surface area contributed by atoms with Gasteiger partial charge in [-0.1, -0.05) is 34.6 Å². The average molecular weight is 504 g/mol. The Morgan fingerprint density at radius 2 is 2.04 bits per heavy atom. The Labute approximate surface area is 184 Å². The lowest BCUT2D eigenvalue weighted by Gasteiger charge is -2.22. The van der Waals surface area contributed by atoms with Gasteiger partial charge in [0.1, 0.15) is 5.01 Å². The molecule has 0 spiro atoms. The number of hydrogen-bond acceptors (Lipinski definition) is 4. The van der Waals surface area contributed by atoms with E-state index in [1.54, 1.807) is 11.3 Å². The monoisotopic (exact) mass is 504 g/mol. The zero-order valence-electron chi connectivity index (χ0n) is 17.7. The van der Waals surface area contributed by atoms with Crippen LogP contribution < -0.4 is 5.32 Å². The lowest BCUT2D eigenvalue weighted by molar-refractivity contribution is 0.473. The first-order valence-electron chi connectivity index (χ1n) is 9.01. The molecule has 8 heteroatoms. The fourth-order valence-electron chi connectivity index (χ4n) is 2.77. The van der Waals surface area contributed by atoms with Gasteiger partial charge >= 0.3 is 0 Å². The van der Waals surface area contributed by atoms with Crippen molar-refractivity contribution in [3.05, 3.63) is 33.5 Å². The Hall–Kier alpha value is -1.16. The van der Waals surface area contributed by atoms with E-state index < -0.39 is 0 Å². The van der Waals surface area contributed by atoms with Gasteiger partial charge < -0.3 is 10.2 Å². The minimum atomic E-state index is 0. The minimum Gasteiger partial charge on any atom is -0.350 e. The molecule has 0 aliphatic rings. The quantitative estimate of drug-likeness (QED) is 0.378. The van der Waals surface area contributed by atoms with Crippen LogP contribution in [0.3, 0.4) is 0 Å². The number of nitrogens with zero attached hydrogens (tertiary/aromatic N) is 5. The molecule has 0 aliphatic carbocycles. The number of guanidine groups is 1. The lowest BCUT2D eigenvalue weighted by atomic mass is 9.93. The van der Waals surface area contributed by atoms with Crippen molar-refractivity contribution in [1.82, 2.24) is 25.0 Å². The zero-order chi connectivity index (χ0) is 19.5. The van der Waals surface area contributed by atoms with Crippen LogP contribution in [0.15, 0.2) is 16.6 Å². The van der Waals surface area contributed by atoms with E-state index in [-0.39, 0.29) is 29.4 Å². The van der Waals surface area contributed by atoms with Crippen molar-refractivity contribution in [1.29, 1.82) is 0 Å². The van der Waals surface area contributed by atoms with Crippen LogP contribution >= 0.6 is 35.3 Å². The molecule has 2 rings (SSSR count). The average Bonchev–Trinajstić information content (AvgIpc) is 3.14. The van der Waals surface area contributed by atoms with Crippen LogP contribution in [-0.4, -0.2) is 39.7 Å². The van der Waals surface area contributed by atoms with Crippen molar-refractivity contribution in [3.8, 4) is 0 Å². The highest BCUT2D eigenvalue weighted by atomic mass is 127. The molecule has 2 heterocycles. The van der Waals surface area contributed by atoms with Crippen LogP contribution in [0.2, 0.25) is 0 Å². The standard InChI is InChI=1S/C19H32N6S.HI/c1-13(2)17-14(11-25(8)23-17)10-24(7)18(20-6)21-9-16-22-15(12-26-16)19(3,4)5;/h11-13H,9-10H2,1-8H3,(H,20,21);1H. The van der Waals surface area contributed by atoms with Crippen molar-refractivity contribution in [3.63, 3.8) is 0 Å². The maximum Gasteiger partial charge on any atom is 0.194 e. The van der Waals surface area contributed by atoms with Gasteiger partial charge in [-0.3, -0.25) is 9.67 Å². The molecule has 0 radical (unpaired) electrons. The normalized spacial score (nSPS) is 12.3. The predicted octanol–water partition coefficient (Wildman–Crippen LogP) is 4.12. The number of hydrogen-bond donors (Lipinski definition) is 1. The van der Waals surface area contributed by atoms with Gasteiger partial charge in [0, 0.05) is 50.2 Å². The number of aryl methyl sites for hydroxylation is 1. The van der Waals surface area contributed by atoms with E-state index in [9.17, 15) is 0 Å². The highest BCUT2D eigenvalue weighted by Crippen LogP contribution is 2.24. The van der Waals surface area contributed by atoms with Crippen molar-refractivity contribution < 1.29 is 0 Å². The fraction of sp³-hybridized carbons (Fsp3) is 0.632.